The van der Waals surface area contributed by atoms with E-state index in [2.05, 4.69) is 9.46 Å². The predicted molar refractivity (Wildman–Crippen MR) is 96.0 cm³/mol. The molecule has 2 aromatic rings. The molecule has 1 N–H and O–H groups in total. The number of anilines is 1. The van der Waals surface area contributed by atoms with Crippen molar-refractivity contribution in [1.29, 1.82) is 0 Å². The fourth-order valence-corrected chi connectivity index (χ4v) is 4.16. The average Bonchev–Trinajstić information content (AvgIpc) is 2.55. The van der Waals surface area contributed by atoms with Gasteiger partial charge >= 0.3 is 6.36 Å². The van der Waals surface area contributed by atoms with Crippen LogP contribution in [0.1, 0.15) is 5.56 Å². The molecule has 12 heteroatoms. The van der Waals surface area contributed by atoms with E-state index in [9.17, 15) is 30.0 Å². The van der Waals surface area contributed by atoms with Gasteiger partial charge in [-0.3, -0.25) is 4.72 Å². The van der Waals surface area contributed by atoms with Crippen molar-refractivity contribution >= 4 is 25.7 Å². The number of rotatable bonds is 6. The number of sulfonamides is 2. The number of nitrogens with one attached hydrogen (secondary N) is 1. The molecule has 2 rings (SSSR count). The van der Waals surface area contributed by atoms with Crippen LogP contribution in [0, 0.1) is 6.92 Å². The quantitative estimate of drug-likeness (QED) is 0.749. The van der Waals surface area contributed by atoms with Gasteiger partial charge in [-0.05, 0) is 48.9 Å². The van der Waals surface area contributed by atoms with Crippen LogP contribution in [-0.2, 0) is 20.0 Å². The number of halogens is 3. The van der Waals surface area contributed by atoms with E-state index < -0.39 is 32.2 Å². The van der Waals surface area contributed by atoms with Crippen LogP contribution in [0.15, 0.2) is 52.3 Å². The van der Waals surface area contributed by atoms with E-state index in [1.54, 1.807) is 6.92 Å². The summed E-state index contributed by atoms with van der Waals surface area (Å²) >= 11 is 0. The van der Waals surface area contributed by atoms with Gasteiger partial charge in [0.05, 0.1) is 15.5 Å². The molecule has 0 saturated heterocycles. The monoisotopic (exact) mass is 438 g/mol. The van der Waals surface area contributed by atoms with Crippen molar-refractivity contribution in [3.8, 4) is 5.75 Å². The summed E-state index contributed by atoms with van der Waals surface area (Å²) < 4.78 is 93.0. The van der Waals surface area contributed by atoms with Crippen LogP contribution >= 0.6 is 0 Å². The minimum Gasteiger partial charge on any atom is -0.406 e. The van der Waals surface area contributed by atoms with Gasteiger partial charge < -0.3 is 4.74 Å². The second-order valence-corrected chi connectivity index (χ2v) is 9.72. The maximum absolute atomic E-state index is 12.5. The molecule has 0 heterocycles. The molecular formula is C16H17F3N2O5S2. The molecule has 0 spiro atoms. The zero-order valence-electron chi connectivity index (χ0n) is 15.0. The standard InChI is InChI=1S/C16H17F3N2O5S2/c1-11-4-7-14(28(24,25)21(2)3)10-15(11)20-27(22,23)13-8-5-12(6-9-13)26-16(17,18)19/h4-10,20H,1-3H3. The summed E-state index contributed by atoms with van der Waals surface area (Å²) in [6, 6.07) is 7.56. The van der Waals surface area contributed by atoms with E-state index in [0.717, 1.165) is 28.6 Å². The zero-order valence-corrected chi connectivity index (χ0v) is 16.6. The highest BCUT2D eigenvalue weighted by Crippen LogP contribution is 2.27. The van der Waals surface area contributed by atoms with Crippen molar-refractivity contribution in [1.82, 2.24) is 4.31 Å². The second kappa shape index (κ2) is 7.60. The minimum absolute atomic E-state index is 0.0264. The molecule has 0 atom stereocenters. The van der Waals surface area contributed by atoms with E-state index in [4.69, 9.17) is 0 Å². The van der Waals surface area contributed by atoms with Gasteiger partial charge in [-0.2, -0.15) is 0 Å². The molecule has 0 fully saturated rings. The molecule has 0 aliphatic carbocycles. The molecule has 0 bridgehead atoms. The summed E-state index contributed by atoms with van der Waals surface area (Å²) in [7, 11) is -5.28. The molecule has 0 amide bonds. The number of benzene rings is 2. The SMILES string of the molecule is Cc1ccc(S(=O)(=O)N(C)C)cc1NS(=O)(=O)c1ccc(OC(F)(F)F)cc1. The van der Waals surface area contributed by atoms with Gasteiger partial charge in [-0.1, -0.05) is 6.07 Å². The van der Waals surface area contributed by atoms with Crippen molar-refractivity contribution in [3.05, 3.63) is 48.0 Å². The Morgan fingerprint density at radius 1 is 0.929 bits per heavy atom. The van der Waals surface area contributed by atoms with Crippen LogP contribution < -0.4 is 9.46 Å². The van der Waals surface area contributed by atoms with Gasteiger partial charge in [0.15, 0.2) is 0 Å². The van der Waals surface area contributed by atoms with Crippen LogP contribution in [0.3, 0.4) is 0 Å². The van der Waals surface area contributed by atoms with Gasteiger partial charge in [0.1, 0.15) is 5.75 Å². The first kappa shape index (κ1) is 22.0. The Morgan fingerprint density at radius 3 is 1.96 bits per heavy atom. The molecule has 2 aromatic carbocycles. The Kier molecular flexibility index (Phi) is 5.97. The number of nitrogens with zero attached hydrogens (tertiary/aromatic N) is 1. The fraction of sp³-hybridized carbons (Fsp3) is 0.250. The molecule has 7 nitrogen and oxygen atoms in total. The highest BCUT2D eigenvalue weighted by atomic mass is 32.2. The van der Waals surface area contributed by atoms with Crippen molar-refractivity contribution in [3.63, 3.8) is 0 Å². The highest BCUT2D eigenvalue weighted by molar-refractivity contribution is 7.92. The summed E-state index contributed by atoms with van der Waals surface area (Å²) in [4.78, 5) is -0.433. The maximum Gasteiger partial charge on any atom is 0.573 e. The lowest BCUT2D eigenvalue weighted by atomic mass is 10.2. The van der Waals surface area contributed by atoms with Crippen LogP contribution in [0.4, 0.5) is 18.9 Å². The van der Waals surface area contributed by atoms with Gasteiger partial charge in [0.25, 0.3) is 10.0 Å². The van der Waals surface area contributed by atoms with Crippen molar-refractivity contribution in [2.45, 2.75) is 23.1 Å². The summed E-state index contributed by atoms with van der Waals surface area (Å²) in [5.74, 6) is -0.568. The molecule has 0 aromatic heterocycles. The molecule has 0 radical (unpaired) electrons. The first-order chi connectivity index (χ1) is 12.7. The third kappa shape index (κ3) is 5.14. The zero-order chi connectivity index (χ0) is 21.3. The largest absolute Gasteiger partial charge is 0.573 e. The normalized spacial score (nSPS) is 12.8. The van der Waals surface area contributed by atoms with E-state index in [0.29, 0.717) is 5.56 Å². The number of aryl methyl sites for hydroxylation is 1. The van der Waals surface area contributed by atoms with E-state index in [1.165, 1.54) is 32.3 Å². The lowest BCUT2D eigenvalue weighted by Gasteiger charge is -2.15. The third-order valence-electron chi connectivity index (χ3n) is 3.60. The first-order valence-electron chi connectivity index (χ1n) is 7.64. The van der Waals surface area contributed by atoms with Crippen molar-refractivity contribution in [2.24, 2.45) is 0 Å². The highest BCUT2D eigenvalue weighted by Gasteiger charge is 2.31. The molecular weight excluding hydrogens is 421 g/mol. The molecule has 0 aliphatic heterocycles. The lowest BCUT2D eigenvalue weighted by Crippen LogP contribution is -2.22. The topological polar surface area (TPSA) is 92.8 Å². The van der Waals surface area contributed by atoms with E-state index in [-0.39, 0.29) is 15.5 Å². The number of ether oxygens (including phenoxy) is 1. The Hall–Kier alpha value is -2.31. The maximum atomic E-state index is 12.5. The summed E-state index contributed by atoms with van der Waals surface area (Å²) in [5, 5.41) is 0. The average molecular weight is 438 g/mol. The number of hydrogen-bond donors (Lipinski definition) is 1. The second-order valence-electron chi connectivity index (χ2n) is 5.89. The summed E-state index contributed by atoms with van der Waals surface area (Å²) in [6.45, 7) is 1.57. The van der Waals surface area contributed by atoms with Crippen LogP contribution in [0.5, 0.6) is 5.75 Å². The van der Waals surface area contributed by atoms with Crippen LogP contribution in [-0.4, -0.2) is 41.6 Å². The van der Waals surface area contributed by atoms with Gasteiger partial charge in [0, 0.05) is 14.1 Å². The molecule has 0 unspecified atom stereocenters. The van der Waals surface area contributed by atoms with Crippen LogP contribution in [0.25, 0.3) is 0 Å². The summed E-state index contributed by atoms with van der Waals surface area (Å²) in [6.07, 6.45) is -4.89. The van der Waals surface area contributed by atoms with Crippen LogP contribution in [0.2, 0.25) is 0 Å². The Morgan fingerprint density at radius 2 is 1.46 bits per heavy atom. The molecule has 0 saturated carbocycles. The third-order valence-corrected chi connectivity index (χ3v) is 6.79. The van der Waals surface area contributed by atoms with Gasteiger partial charge in [-0.25, -0.2) is 21.1 Å². The van der Waals surface area contributed by atoms with E-state index >= 15 is 0 Å². The van der Waals surface area contributed by atoms with E-state index in [1.807, 2.05) is 0 Å². The minimum atomic E-state index is -4.89. The first-order valence-corrected chi connectivity index (χ1v) is 10.6. The molecule has 154 valence electrons. The fourth-order valence-electron chi connectivity index (χ4n) is 2.11. The van der Waals surface area contributed by atoms with Crippen molar-refractivity contribution in [2.75, 3.05) is 18.8 Å². The molecule has 0 aliphatic rings. The number of alkyl halides is 3. The predicted octanol–water partition coefficient (Wildman–Crippen LogP) is 2.94. The Bertz CT molecular complexity index is 1060. The lowest BCUT2D eigenvalue weighted by molar-refractivity contribution is -0.274. The Balaban J connectivity index is 2.34. The smallest absolute Gasteiger partial charge is 0.406 e. The van der Waals surface area contributed by atoms with Crippen molar-refractivity contribution < 1.29 is 34.7 Å². The van der Waals surface area contributed by atoms with Gasteiger partial charge in [-0.15, -0.1) is 13.2 Å². The number of hydrogen-bond acceptors (Lipinski definition) is 5. The van der Waals surface area contributed by atoms with Gasteiger partial charge in [0.2, 0.25) is 10.0 Å². The summed E-state index contributed by atoms with van der Waals surface area (Å²) in [5.41, 5.74) is 0.483. The molecule has 28 heavy (non-hydrogen) atoms. The Labute approximate surface area is 160 Å².